The molecule has 0 spiro atoms. The Morgan fingerprint density at radius 1 is 1.17 bits per heavy atom. The lowest BCUT2D eigenvalue weighted by molar-refractivity contribution is 0.150. The van der Waals surface area contributed by atoms with Gasteiger partial charge < -0.3 is 14.6 Å². The number of benzene rings is 1. The van der Waals surface area contributed by atoms with Gasteiger partial charge in [-0.15, -0.1) is 0 Å². The summed E-state index contributed by atoms with van der Waals surface area (Å²) in [5, 5.41) is 10.0. The molecule has 1 N–H and O–H groups in total. The summed E-state index contributed by atoms with van der Waals surface area (Å²) in [6, 6.07) is 4.04. The van der Waals surface area contributed by atoms with Gasteiger partial charge in [0.1, 0.15) is 11.5 Å². The molecule has 2 rings (SSSR count). The van der Waals surface area contributed by atoms with Gasteiger partial charge in [-0.1, -0.05) is 13.8 Å². The number of hydrogen-bond acceptors (Lipinski definition) is 3. The summed E-state index contributed by atoms with van der Waals surface area (Å²) in [6.45, 7) is 4.26. The third-order valence-electron chi connectivity index (χ3n) is 3.60. The third-order valence-corrected chi connectivity index (χ3v) is 3.60. The van der Waals surface area contributed by atoms with E-state index in [1.807, 2.05) is 12.1 Å². The highest BCUT2D eigenvalue weighted by atomic mass is 16.5. The maximum atomic E-state index is 10.0. The lowest BCUT2D eigenvalue weighted by Crippen LogP contribution is -2.12. The topological polar surface area (TPSA) is 38.7 Å². The van der Waals surface area contributed by atoms with Crippen molar-refractivity contribution in [1.82, 2.24) is 0 Å². The first-order chi connectivity index (χ1) is 8.49. The molecular formula is C15H22O3. The van der Waals surface area contributed by atoms with Crippen LogP contribution in [-0.2, 0) is 6.42 Å². The summed E-state index contributed by atoms with van der Waals surface area (Å²) >= 11 is 0. The van der Waals surface area contributed by atoms with E-state index in [4.69, 9.17) is 9.47 Å². The third kappa shape index (κ3) is 2.61. The fourth-order valence-corrected chi connectivity index (χ4v) is 2.25. The van der Waals surface area contributed by atoms with Crippen molar-refractivity contribution >= 4 is 0 Å². The molecule has 0 radical (unpaired) electrons. The molecule has 0 aromatic heterocycles. The highest BCUT2D eigenvalue weighted by molar-refractivity contribution is 5.48. The van der Waals surface area contributed by atoms with E-state index in [0.29, 0.717) is 12.3 Å². The molecule has 0 atom stereocenters. The second-order valence-corrected chi connectivity index (χ2v) is 5.46. The first-order valence-corrected chi connectivity index (χ1v) is 6.46. The van der Waals surface area contributed by atoms with Gasteiger partial charge in [-0.3, -0.25) is 0 Å². The predicted octanol–water partition coefficient (Wildman–Crippen LogP) is 2.89. The molecule has 0 amide bonds. The molecule has 3 heteroatoms. The van der Waals surface area contributed by atoms with Crippen molar-refractivity contribution in [2.24, 2.45) is 0 Å². The molecule has 0 heterocycles. The van der Waals surface area contributed by atoms with Crippen LogP contribution in [0.3, 0.4) is 0 Å². The van der Waals surface area contributed by atoms with Gasteiger partial charge in [-0.25, -0.2) is 0 Å². The molecule has 1 aliphatic rings. The Kier molecular flexibility index (Phi) is 3.53. The molecule has 1 saturated carbocycles. The van der Waals surface area contributed by atoms with Gasteiger partial charge in [-0.05, 0) is 30.9 Å². The average Bonchev–Trinajstić information content (AvgIpc) is 3.05. The standard InChI is InChI=1S/C15H22O3/c1-10(2)12-8-13(17-3)11(7-14(12)18-4)9-15(16)5-6-15/h7-8,10,16H,5-6,9H2,1-4H3. The summed E-state index contributed by atoms with van der Waals surface area (Å²) in [7, 11) is 3.36. The maximum absolute atomic E-state index is 10.0. The smallest absolute Gasteiger partial charge is 0.122 e. The Morgan fingerprint density at radius 2 is 1.78 bits per heavy atom. The van der Waals surface area contributed by atoms with Crippen molar-refractivity contribution in [3.05, 3.63) is 23.3 Å². The first-order valence-electron chi connectivity index (χ1n) is 6.46. The van der Waals surface area contributed by atoms with Crippen LogP contribution in [0.4, 0.5) is 0 Å². The highest BCUT2D eigenvalue weighted by Gasteiger charge is 2.41. The molecule has 0 unspecified atom stereocenters. The molecule has 1 aliphatic carbocycles. The molecule has 0 bridgehead atoms. The van der Waals surface area contributed by atoms with Gasteiger partial charge >= 0.3 is 0 Å². The van der Waals surface area contributed by atoms with Gasteiger partial charge in [0, 0.05) is 17.5 Å². The second-order valence-electron chi connectivity index (χ2n) is 5.46. The summed E-state index contributed by atoms with van der Waals surface area (Å²) in [5.41, 5.74) is 1.65. The van der Waals surface area contributed by atoms with Crippen LogP contribution >= 0.6 is 0 Å². The average molecular weight is 250 g/mol. The van der Waals surface area contributed by atoms with Crippen molar-refractivity contribution in [2.75, 3.05) is 14.2 Å². The Hall–Kier alpha value is -1.22. The Morgan fingerprint density at radius 3 is 2.22 bits per heavy atom. The first kappa shape index (κ1) is 13.2. The van der Waals surface area contributed by atoms with Crippen molar-refractivity contribution in [2.45, 2.75) is 44.6 Å². The molecule has 100 valence electrons. The van der Waals surface area contributed by atoms with Crippen LogP contribution in [0.1, 0.15) is 43.7 Å². The molecule has 1 aromatic rings. The molecule has 1 fully saturated rings. The van der Waals surface area contributed by atoms with Gasteiger partial charge in [0.05, 0.1) is 19.8 Å². The van der Waals surface area contributed by atoms with Crippen LogP contribution in [0.25, 0.3) is 0 Å². The van der Waals surface area contributed by atoms with E-state index in [1.54, 1.807) is 14.2 Å². The summed E-state index contributed by atoms with van der Waals surface area (Å²) in [6.07, 6.45) is 2.40. The Balaban J connectivity index is 2.38. The van der Waals surface area contributed by atoms with Crippen molar-refractivity contribution in [3.63, 3.8) is 0 Å². The molecule has 0 aliphatic heterocycles. The lowest BCUT2D eigenvalue weighted by Gasteiger charge is -2.18. The number of aliphatic hydroxyl groups is 1. The van der Waals surface area contributed by atoms with Gasteiger partial charge in [-0.2, -0.15) is 0 Å². The predicted molar refractivity (Wildman–Crippen MR) is 71.5 cm³/mol. The summed E-state index contributed by atoms with van der Waals surface area (Å²) < 4.78 is 10.9. The monoisotopic (exact) mass is 250 g/mol. The van der Waals surface area contributed by atoms with E-state index in [1.165, 1.54) is 0 Å². The largest absolute Gasteiger partial charge is 0.496 e. The number of ether oxygens (including phenoxy) is 2. The van der Waals surface area contributed by atoms with Crippen LogP contribution in [0.5, 0.6) is 11.5 Å². The normalized spacial score (nSPS) is 16.8. The minimum atomic E-state index is -0.516. The Labute approximate surface area is 109 Å². The molecular weight excluding hydrogens is 228 g/mol. The maximum Gasteiger partial charge on any atom is 0.122 e. The van der Waals surface area contributed by atoms with Crippen LogP contribution in [0.2, 0.25) is 0 Å². The summed E-state index contributed by atoms with van der Waals surface area (Å²) in [4.78, 5) is 0. The number of rotatable bonds is 5. The fraction of sp³-hybridized carbons (Fsp3) is 0.600. The quantitative estimate of drug-likeness (QED) is 0.873. The SMILES string of the molecule is COc1cc(C(C)C)c(OC)cc1CC1(O)CC1. The molecule has 3 nitrogen and oxygen atoms in total. The number of hydrogen-bond donors (Lipinski definition) is 1. The van der Waals surface area contributed by atoms with E-state index < -0.39 is 5.60 Å². The molecule has 18 heavy (non-hydrogen) atoms. The summed E-state index contributed by atoms with van der Waals surface area (Å²) in [5.74, 6) is 2.11. The van der Waals surface area contributed by atoms with E-state index >= 15 is 0 Å². The fourth-order valence-electron chi connectivity index (χ4n) is 2.25. The Bertz CT molecular complexity index is 434. The van der Waals surface area contributed by atoms with Crippen molar-refractivity contribution < 1.29 is 14.6 Å². The lowest BCUT2D eigenvalue weighted by atomic mass is 9.96. The minimum absolute atomic E-state index is 0.381. The van der Waals surface area contributed by atoms with Crippen molar-refractivity contribution in [3.8, 4) is 11.5 Å². The van der Waals surface area contributed by atoms with Gasteiger partial charge in [0.2, 0.25) is 0 Å². The second kappa shape index (κ2) is 4.81. The van der Waals surface area contributed by atoms with E-state index in [9.17, 15) is 5.11 Å². The van der Waals surface area contributed by atoms with E-state index in [2.05, 4.69) is 13.8 Å². The molecule has 0 saturated heterocycles. The number of methoxy groups -OCH3 is 2. The van der Waals surface area contributed by atoms with Crippen LogP contribution in [0.15, 0.2) is 12.1 Å². The zero-order valence-electron chi connectivity index (χ0n) is 11.6. The van der Waals surface area contributed by atoms with E-state index in [0.717, 1.165) is 35.5 Å². The van der Waals surface area contributed by atoms with Crippen molar-refractivity contribution in [1.29, 1.82) is 0 Å². The van der Waals surface area contributed by atoms with Gasteiger partial charge in [0.25, 0.3) is 0 Å². The van der Waals surface area contributed by atoms with Crippen LogP contribution < -0.4 is 9.47 Å². The van der Waals surface area contributed by atoms with E-state index in [-0.39, 0.29) is 0 Å². The zero-order valence-corrected chi connectivity index (χ0v) is 11.6. The molecule has 1 aromatic carbocycles. The van der Waals surface area contributed by atoms with Crippen LogP contribution in [-0.4, -0.2) is 24.9 Å². The van der Waals surface area contributed by atoms with Gasteiger partial charge in [0.15, 0.2) is 0 Å². The zero-order chi connectivity index (χ0) is 13.3. The van der Waals surface area contributed by atoms with Crippen LogP contribution in [0, 0.1) is 0 Å². The minimum Gasteiger partial charge on any atom is -0.496 e. The highest BCUT2D eigenvalue weighted by Crippen LogP contribution is 2.42.